The van der Waals surface area contributed by atoms with Crippen molar-refractivity contribution in [2.45, 2.75) is 32.5 Å². The van der Waals surface area contributed by atoms with Crippen molar-refractivity contribution in [3.8, 4) is 5.75 Å². The van der Waals surface area contributed by atoms with E-state index in [-0.39, 0.29) is 0 Å². The summed E-state index contributed by atoms with van der Waals surface area (Å²) in [7, 11) is 0. The van der Waals surface area contributed by atoms with Crippen molar-refractivity contribution in [2.24, 2.45) is 0 Å². The first kappa shape index (κ1) is 18.5. The van der Waals surface area contributed by atoms with E-state index in [4.69, 9.17) is 9.47 Å². The number of hydrogen-bond acceptors (Lipinski definition) is 4. The third-order valence-corrected chi connectivity index (χ3v) is 5.77. The van der Waals surface area contributed by atoms with E-state index in [0.717, 1.165) is 71.3 Å². The molecule has 0 N–H and O–H groups in total. The average molecular weight is 370 g/mol. The molecule has 5 nitrogen and oxygen atoms in total. The highest BCUT2D eigenvalue weighted by Gasteiger charge is 2.23. The highest BCUT2D eigenvalue weighted by Crippen LogP contribution is 2.27. The van der Waals surface area contributed by atoms with Crippen molar-refractivity contribution in [3.05, 3.63) is 53.9 Å². The van der Waals surface area contributed by atoms with Crippen molar-refractivity contribution in [3.63, 3.8) is 0 Å². The summed E-state index contributed by atoms with van der Waals surface area (Å²) in [5.41, 5.74) is 2.77. The molecule has 2 aromatic rings. The van der Waals surface area contributed by atoms with Gasteiger partial charge in [-0.1, -0.05) is 12.1 Å². The molecule has 2 aliphatic heterocycles. The number of ether oxygens (including phenoxy) is 2. The highest BCUT2D eigenvalue weighted by molar-refractivity contribution is 5.27. The minimum Gasteiger partial charge on any atom is -0.494 e. The molecule has 27 heavy (non-hydrogen) atoms. The molecule has 1 unspecified atom stereocenters. The van der Waals surface area contributed by atoms with Crippen LogP contribution in [0, 0.1) is 0 Å². The number of benzene rings is 1. The molecular formula is C22H31N3O2. The Balaban J connectivity index is 1.22. The largest absolute Gasteiger partial charge is 0.494 e. The van der Waals surface area contributed by atoms with Crippen LogP contribution in [0.5, 0.6) is 5.75 Å². The first-order valence-electron chi connectivity index (χ1n) is 10.2. The highest BCUT2D eigenvalue weighted by atomic mass is 16.5. The molecule has 4 rings (SSSR count). The predicted molar refractivity (Wildman–Crippen MR) is 107 cm³/mol. The van der Waals surface area contributed by atoms with Gasteiger partial charge in [0.2, 0.25) is 0 Å². The third-order valence-electron chi connectivity index (χ3n) is 5.77. The summed E-state index contributed by atoms with van der Waals surface area (Å²) in [6, 6.07) is 13.5. The fraction of sp³-hybridized carbons (Fsp3) is 0.545. The van der Waals surface area contributed by atoms with Gasteiger partial charge >= 0.3 is 0 Å². The lowest BCUT2D eigenvalue weighted by molar-refractivity contribution is 0.0358. The summed E-state index contributed by atoms with van der Waals surface area (Å²) in [5.74, 6) is 0.973. The van der Waals surface area contributed by atoms with Crippen molar-refractivity contribution in [2.75, 3.05) is 46.0 Å². The molecule has 3 heterocycles. The Morgan fingerprint density at radius 2 is 1.85 bits per heavy atom. The maximum Gasteiger partial charge on any atom is 0.119 e. The number of morpholine rings is 1. The quantitative estimate of drug-likeness (QED) is 0.701. The van der Waals surface area contributed by atoms with Crippen LogP contribution in [-0.4, -0.2) is 60.4 Å². The monoisotopic (exact) mass is 369 g/mol. The Kier molecular flexibility index (Phi) is 6.12. The first-order valence-corrected chi connectivity index (χ1v) is 10.2. The molecule has 0 bridgehead atoms. The van der Waals surface area contributed by atoms with Gasteiger partial charge in [-0.15, -0.1) is 0 Å². The first-order chi connectivity index (χ1) is 13.3. The predicted octanol–water partition coefficient (Wildman–Crippen LogP) is 3.17. The van der Waals surface area contributed by atoms with Gasteiger partial charge in [0.15, 0.2) is 0 Å². The van der Waals surface area contributed by atoms with Gasteiger partial charge in [0.1, 0.15) is 5.75 Å². The molecule has 1 aromatic heterocycles. The van der Waals surface area contributed by atoms with Gasteiger partial charge in [0, 0.05) is 57.2 Å². The van der Waals surface area contributed by atoms with Crippen LogP contribution in [0.15, 0.2) is 42.6 Å². The number of aromatic nitrogens is 1. The van der Waals surface area contributed by atoms with Crippen LogP contribution in [0.4, 0.5) is 0 Å². The lowest BCUT2D eigenvalue weighted by Gasteiger charge is -2.34. The Labute approximate surface area is 162 Å². The maximum absolute atomic E-state index is 5.92. The van der Waals surface area contributed by atoms with Crippen LogP contribution in [0.2, 0.25) is 0 Å². The zero-order valence-corrected chi connectivity index (χ0v) is 16.3. The van der Waals surface area contributed by atoms with Crippen LogP contribution >= 0.6 is 0 Å². The minimum atomic E-state index is 0.463. The SMILES string of the molecule is CC1c2cccn2CCN1Cc1ccc(OCCCN2CCOCC2)cc1. The van der Waals surface area contributed by atoms with Gasteiger partial charge in [0.25, 0.3) is 0 Å². The van der Waals surface area contributed by atoms with Crippen LogP contribution in [-0.2, 0) is 17.8 Å². The molecule has 0 spiro atoms. The van der Waals surface area contributed by atoms with Gasteiger partial charge in [-0.2, -0.15) is 0 Å². The summed E-state index contributed by atoms with van der Waals surface area (Å²) in [6.07, 6.45) is 3.25. The van der Waals surface area contributed by atoms with E-state index in [9.17, 15) is 0 Å². The summed E-state index contributed by atoms with van der Waals surface area (Å²) >= 11 is 0. The second-order valence-corrected chi connectivity index (χ2v) is 7.57. The fourth-order valence-corrected chi connectivity index (χ4v) is 4.07. The molecule has 1 atom stereocenters. The van der Waals surface area contributed by atoms with Crippen molar-refractivity contribution in [1.29, 1.82) is 0 Å². The summed E-state index contributed by atoms with van der Waals surface area (Å²) in [6.45, 7) is 11.2. The van der Waals surface area contributed by atoms with E-state index < -0.39 is 0 Å². The fourth-order valence-electron chi connectivity index (χ4n) is 4.07. The Morgan fingerprint density at radius 1 is 1.04 bits per heavy atom. The normalized spacial score (nSPS) is 21.1. The van der Waals surface area contributed by atoms with Crippen molar-refractivity contribution in [1.82, 2.24) is 14.4 Å². The molecule has 0 aliphatic carbocycles. The van der Waals surface area contributed by atoms with Gasteiger partial charge < -0.3 is 14.0 Å². The van der Waals surface area contributed by atoms with Gasteiger partial charge in [-0.05, 0) is 43.2 Å². The standard InChI is InChI=1S/C22H31N3O2/c1-19-22-4-2-10-24(22)11-12-25(19)18-20-5-7-21(8-6-20)27-15-3-9-23-13-16-26-17-14-23/h2,4-8,10,19H,3,9,11-18H2,1H3. The topological polar surface area (TPSA) is 29.9 Å². The average Bonchev–Trinajstić information content (AvgIpc) is 3.19. The van der Waals surface area contributed by atoms with E-state index in [1.54, 1.807) is 0 Å². The van der Waals surface area contributed by atoms with Crippen molar-refractivity contribution < 1.29 is 9.47 Å². The van der Waals surface area contributed by atoms with E-state index >= 15 is 0 Å². The van der Waals surface area contributed by atoms with Gasteiger partial charge in [-0.3, -0.25) is 9.80 Å². The molecular weight excluding hydrogens is 338 g/mol. The number of rotatable bonds is 7. The number of fused-ring (bicyclic) bond motifs is 1. The lowest BCUT2D eigenvalue weighted by Crippen LogP contribution is -2.37. The Morgan fingerprint density at radius 3 is 2.67 bits per heavy atom. The molecule has 1 saturated heterocycles. The van der Waals surface area contributed by atoms with Gasteiger partial charge in [-0.25, -0.2) is 0 Å². The lowest BCUT2D eigenvalue weighted by atomic mass is 10.1. The molecule has 1 fully saturated rings. The van der Waals surface area contributed by atoms with Crippen LogP contribution in [0.3, 0.4) is 0 Å². The van der Waals surface area contributed by atoms with Crippen LogP contribution in [0.1, 0.15) is 30.6 Å². The van der Waals surface area contributed by atoms with E-state index in [2.05, 4.69) is 63.9 Å². The summed E-state index contributed by atoms with van der Waals surface area (Å²) < 4.78 is 13.7. The van der Waals surface area contributed by atoms with E-state index in [1.807, 2.05) is 0 Å². The molecule has 0 saturated carbocycles. The maximum atomic E-state index is 5.92. The van der Waals surface area contributed by atoms with Crippen molar-refractivity contribution >= 4 is 0 Å². The summed E-state index contributed by atoms with van der Waals surface area (Å²) in [4.78, 5) is 5.00. The smallest absolute Gasteiger partial charge is 0.119 e. The second-order valence-electron chi connectivity index (χ2n) is 7.57. The summed E-state index contributed by atoms with van der Waals surface area (Å²) in [5, 5.41) is 0. The molecule has 5 heteroatoms. The minimum absolute atomic E-state index is 0.463. The van der Waals surface area contributed by atoms with E-state index in [0.29, 0.717) is 6.04 Å². The molecule has 2 aliphatic rings. The number of nitrogens with zero attached hydrogens (tertiary/aromatic N) is 3. The van der Waals surface area contributed by atoms with Crippen LogP contribution in [0.25, 0.3) is 0 Å². The molecule has 1 aromatic carbocycles. The van der Waals surface area contributed by atoms with Gasteiger partial charge in [0.05, 0.1) is 19.8 Å². The molecule has 0 amide bonds. The van der Waals surface area contributed by atoms with E-state index in [1.165, 1.54) is 11.3 Å². The Bertz CT molecular complexity index is 707. The third kappa shape index (κ3) is 4.72. The molecule has 0 radical (unpaired) electrons. The van der Waals surface area contributed by atoms with Crippen LogP contribution < -0.4 is 4.74 Å². The zero-order valence-electron chi connectivity index (χ0n) is 16.3. The molecule has 146 valence electrons. The number of hydrogen-bond donors (Lipinski definition) is 0. The Hall–Kier alpha value is -1.82. The second kappa shape index (κ2) is 8.91. The zero-order chi connectivity index (χ0) is 18.5.